The molecule has 0 aromatic heterocycles. The molecule has 268 valence electrons. The molecule has 0 saturated carbocycles. The first kappa shape index (κ1) is 36.0. The maximum atomic E-state index is 2.32. The smallest absolute Gasteiger partial charge is 0.0105 e. The minimum absolute atomic E-state index is 1.17. The van der Waals surface area contributed by atoms with Crippen molar-refractivity contribution < 1.29 is 0 Å². The number of hydrogen-bond donors (Lipinski definition) is 0. The quantitative estimate of drug-likeness (QED) is 0.124. The molecule has 0 N–H and O–H groups in total. The van der Waals surface area contributed by atoms with Crippen molar-refractivity contribution in [3.05, 3.63) is 261 Å². The number of benzene rings is 8. The Hall–Kier alpha value is -7.02. The lowest BCUT2D eigenvalue weighted by Crippen LogP contribution is -1.90. The minimum atomic E-state index is 1.17. The average Bonchev–Trinajstić information content (AvgIpc) is 3.25. The molecule has 0 unspecified atom stereocenters. The Bertz CT molecular complexity index is 2440. The average molecular weight is 717 g/mol. The van der Waals surface area contributed by atoms with Gasteiger partial charge >= 0.3 is 0 Å². The van der Waals surface area contributed by atoms with Crippen LogP contribution in [0.15, 0.2) is 194 Å². The van der Waals surface area contributed by atoms with Crippen LogP contribution in [0.5, 0.6) is 0 Å². The molecule has 0 amide bonds. The van der Waals surface area contributed by atoms with Gasteiger partial charge in [0.15, 0.2) is 0 Å². The maximum absolute atomic E-state index is 2.32. The molecule has 8 rings (SSSR count). The van der Waals surface area contributed by atoms with Gasteiger partial charge in [-0.1, -0.05) is 206 Å². The van der Waals surface area contributed by atoms with Crippen molar-refractivity contribution in [2.75, 3.05) is 0 Å². The van der Waals surface area contributed by atoms with E-state index in [4.69, 9.17) is 0 Å². The van der Waals surface area contributed by atoms with E-state index in [-0.39, 0.29) is 0 Å². The molecule has 0 atom stereocenters. The lowest BCUT2D eigenvalue weighted by atomic mass is 9.93. The zero-order valence-electron chi connectivity index (χ0n) is 31.9. The zero-order valence-corrected chi connectivity index (χ0v) is 31.9. The second kappa shape index (κ2) is 17.0. The first-order chi connectivity index (χ1) is 27.6. The SMILES string of the molecule is Cc1cc(/C=C\c2cc3ccccc3cc2/C=C\c2ccc(C=C(c3ccccc3)c3ccccc3)c(C)c2)ccc1C=C(c1ccccc1)c1ccccc1. The van der Waals surface area contributed by atoms with Gasteiger partial charge in [-0.2, -0.15) is 0 Å². The first-order valence-electron chi connectivity index (χ1n) is 19.3. The molecule has 8 aromatic rings. The summed E-state index contributed by atoms with van der Waals surface area (Å²) < 4.78 is 0. The predicted molar refractivity (Wildman–Crippen MR) is 244 cm³/mol. The van der Waals surface area contributed by atoms with Crippen LogP contribution in [-0.4, -0.2) is 0 Å². The Morgan fingerprint density at radius 3 is 0.946 bits per heavy atom. The van der Waals surface area contributed by atoms with Gasteiger partial charge in [0.25, 0.3) is 0 Å². The van der Waals surface area contributed by atoms with Crippen LogP contribution in [0.4, 0.5) is 0 Å². The summed E-state index contributed by atoms with van der Waals surface area (Å²) in [6, 6.07) is 69.3. The van der Waals surface area contributed by atoms with Crippen LogP contribution in [0.25, 0.3) is 58.4 Å². The predicted octanol–water partition coefficient (Wildman–Crippen LogP) is 15.0. The fourth-order valence-corrected chi connectivity index (χ4v) is 7.31. The van der Waals surface area contributed by atoms with Gasteiger partial charge in [-0.25, -0.2) is 0 Å². The Morgan fingerprint density at radius 2 is 0.625 bits per heavy atom. The lowest BCUT2D eigenvalue weighted by Gasteiger charge is -2.11. The fraction of sp³-hybridized carbons (Fsp3) is 0.0357. The first-order valence-corrected chi connectivity index (χ1v) is 19.3. The van der Waals surface area contributed by atoms with E-state index in [0.717, 1.165) is 0 Å². The van der Waals surface area contributed by atoms with Gasteiger partial charge in [0.1, 0.15) is 0 Å². The second-order valence-electron chi connectivity index (χ2n) is 14.3. The van der Waals surface area contributed by atoms with Gasteiger partial charge in [-0.3, -0.25) is 0 Å². The molecule has 0 heteroatoms. The highest BCUT2D eigenvalue weighted by Crippen LogP contribution is 2.30. The van der Waals surface area contributed by atoms with Gasteiger partial charge in [-0.05, 0) is 127 Å². The van der Waals surface area contributed by atoms with E-state index in [1.165, 1.54) is 88.7 Å². The van der Waals surface area contributed by atoms with Crippen molar-refractivity contribution in [1.29, 1.82) is 0 Å². The Morgan fingerprint density at radius 1 is 0.304 bits per heavy atom. The largest absolute Gasteiger partial charge is 0.0622 e. The van der Waals surface area contributed by atoms with Gasteiger partial charge in [-0.15, -0.1) is 0 Å². The summed E-state index contributed by atoms with van der Waals surface area (Å²) in [5.41, 5.74) is 16.9. The summed E-state index contributed by atoms with van der Waals surface area (Å²) in [6.45, 7) is 4.41. The highest BCUT2D eigenvalue weighted by molar-refractivity contribution is 5.94. The molecule has 0 radical (unpaired) electrons. The molecular weight excluding hydrogens is 673 g/mol. The Balaban J connectivity index is 1.08. The van der Waals surface area contributed by atoms with Crippen LogP contribution < -0.4 is 0 Å². The third-order valence-electron chi connectivity index (χ3n) is 10.4. The normalized spacial score (nSPS) is 11.2. The zero-order chi connectivity index (χ0) is 38.1. The molecule has 0 nitrogen and oxygen atoms in total. The molecule has 0 aliphatic carbocycles. The molecule has 8 aromatic carbocycles. The van der Waals surface area contributed by atoms with Gasteiger partial charge in [0, 0.05) is 0 Å². The van der Waals surface area contributed by atoms with E-state index < -0.39 is 0 Å². The minimum Gasteiger partial charge on any atom is -0.0622 e. The van der Waals surface area contributed by atoms with Crippen molar-refractivity contribution in [3.8, 4) is 0 Å². The third-order valence-corrected chi connectivity index (χ3v) is 10.4. The summed E-state index contributed by atoms with van der Waals surface area (Å²) in [6.07, 6.45) is 13.6. The van der Waals surface area contributed by atoms with E-state index in [1.807, 2.05) is 0 Å². The molecule has 56 heavy (non-hydrogen) atoms. The third kappa shape index (κ3) is 8.52. The Kier molecular flexibility index (Phi) is 10.9. The van der Waals surface area contributed by atoms with Crippen LogP contribution in [0.3, 0.4) is 0 Å². The molecule has 0 aliphatic heterocycles. The molecular formula is C56H44. The molecule has 0 aliphatic rings. The van der Waals surface area contributed by atoms with Crippen molar-refractivity contribution in [3.63, 3.8) is 0 Å². The van der Waals surface area contributed by atoms with Crippen LogP contribution in [0.1, 0.15) is 66.8 Å². The Labute approximate surface area is 331 Å². The van der Waals surface area contributed by atoms with Crippen molar-refractivity contribution >= 4 is 58.4 Å². The number of rotatable bonds is 10. The molecule has 0 fully saturated rings. The highest BCUT2D eigenvalue weighted by atomic mass is 14.1. The summed E-state index contributed by atoms with van der Waals surface area (Å²) >= 11 is 0. The van der Waals surface area contributed by atoms with E-state index in [0.29, 0.717) is 0 Å². The number of hydrogen-bond acceptors (Lipinski definition) is 0. The molecule has 0 heterocycles. The summed E-state index contributed by atoms with van der Waals surface area (Å²) in [5.74, 6) is 0. The van der Waals surface area contributed by atoms with Crippen LogP contribution >= 0.6 is 0 Å². The second-order valence-corrected chi connectivity index (χ2v) is 14.3. The van der Waals surface area contributed by atoms with E-state index in [2.05, 4.69) is 244 Å². The van der Waals surface area contributed by atoms with Crippen LogP contribution in [-0.2, 0) is 0 Å². The van der Waals surface area contributed by atoms with Crippen LogP contribution in [0.2, 0.25) is 0 Å². The van der Waals surface area contributed by atoms with E-state index >= 15 is 0 Å². The summed E-state index contributed by atoms with van der Waals surface area (Å²) in [7, 11) is 0. The summed E-state index contributed by atoms with van der Waals surface area (Å²) in [4.78, 5) is 0. The van der Waals surface area contributed by atoms with Gasteiger partial charge in [0.05, 0.1) is 0 Å². The van der Waals surface area contributed by atoms with Crippen molar-refractivity contribution in [1.82, 2.24) is 0 Å². The fourth-order valence-electron chi connectivity index (χ4n) is 7.31. The standard InChI is InChI=1S/C56H44/c1-41-35-43(27-31-49(41)39-55(45-17-7-3-8-18-45)46-19-9-4-10-20-46)29-33-53-37-51-25-15-16-26-52(51)38-54(53)34-30-44-28-32-50(42(2)36-44)40-56(47-21-11-5-12-22-47)48-23-13-6-14-24-48/h3-40H,1-2H3/b33-29-,34-30-. The maximum Gasteiger partial charge on any atom is -0.0105 e. The number of fused-ring (bicyclic) bond motifs is 1. The van der Waals surface area contributed by atoms with Gasteiger partial charge < -0.3 is 0 Å². The summed E-state index contributed by atoms with van der Waals surface area (Å²) in [5, 5.41) is 2.46. The van der Waals surface area contributed by atoms with Gasteiger partial charge in [0.2, 0.25) is 0 Å². The van der Waals surface area contributed by atoms with E-state index in [1.54, 1.807) is 0 Å². The highest BCUT2D eigenvalue weighted by Gasteiger charge is 2.09. The molecule has 0 saturated heterocycles. The topological polar surface area (TPSA) is 0 Å². The monoisotopic (exact) mass is 716 g/mol. The lowest BCUT2D eigenvalue weighted by molar-refractivity contribution is 1.43. The molecule has 0 spiro atoms. The van der Waals surface area contributed by atoms with E-state index in [9.17, 15) is 0 Å². The van der Waals surface area contributed by atoms with Crippen LogP contribution in [0, 0.1) is 13.8 Å². The van der Waals surface area contributed by atoms with Crippen molar-refractivity contribution in [2.24, 2.45) is 0 Å². The van der Waals surface area contributed by atoms with Crippen molar-refractivity contribution in [2.45, 2.75) is 13.8 Å². The molecule has 0 bridgehead atoms. The number of aryl methyl sites for hydroxylation is 2.